The zero-order valence-corrected chi connectivity index (χ0v) is 27.7. The summed E-state index contributed by atoms with van der Waals surface area (Å²) < 4.78 is 35.1. The molecular weight excluding hydrogens is 602 g/mol. The highest BCUT2D eigenvalue weighted by molar-refractivity contribution is 7.89. The highest BCUT2D eigenvalue weighted by Crippen LogP contribution is 2.41. The van der Waals surface area contributed by atoms with Crippen molar-refractivity contribution in [2.45, 2.75) is 88.3 Å². The average Bonchev–Trinajstić information content (AvgIpc) is 3.07. The van der Waals surface area contributed by atoms with Crippen LogP contribution in [0.2, 0.25) is 0 Å². The van der Waals surface area contributed by atoms with E-state index in [2.05, 4.69) is 73.2 Å². The lowest BCUT2D eigenvalue weighted by molar-refractivity contribution is -0.0987. The smallest absolute Gasteiger partial charge is 0.255 e. The number of fused-ring (bicyclic) bond motifs is 1. The third kappa shape index (κ3) is 10.3. The van der Waals surface area contributed by atoms with Crippen molar-refractivity contribution < 1.29 is 27.5 Å². The first kappa shape index (κ1) is 37.7. The summed E-state index contributed by atoms with van der Waals surface area (Å²) in [6.45, 7) is 10.3. The Labute approximate surface area is 273 Å². The number of hydrogen-bond donors (Lipinski definition) is 3. The standard InChI is InChI=1S/C32H39N3O4S.C2H2.2CH2O/c1-4-22-13-16-24(17-14-22)33-29-21-32(2,3)39-30-18-15-23(19-28(29)30)31(36)34-26-11-8-12-27(20-26)40(37,38)35-25-9-6-5-7-10-25;3*1-2/h8,11-20,25,29,33,35H,4-7,9-10,21H2,1-3H3,(H,34,36);1-2H;2*1H2/t29-;;;/m0.../s1. The third-order valence-corrected chi connectivity index (χ3v) is 9.28. The number of terminal acetylenes is 1. The van der Waals surface area contributed by atoms with Crippen LogP contribution in [0.5, 0.6) is 5.75 Å². The van der Waals surface area contributed by atoms with Gasteiger partial charge >= 0.3 is 0 Å². The van der Waals surface area contributed by atoms with Gasteiger partial charge < -0.3 is 25.0 Å². The second-order valence-corrected chi connectivity index (χ2v) is 13.2. The Balaban J connectivity index is 0.00000116. The van der Waals surface area contributed by atoms with Gasteiger partial charge in [0.15, 0.2) is 0 Å². The van der Waals surface area contributed by atoms with Crippen LogP contribution in [-0.4, -0.2) is 39.5 Å². The van der Waals surface area contributed by atoms with Crippen LogP contribution in [0.3, 0.4) is 0 Å². The van der Waals surface area contributed by atoms with Crippen LogP contribution in [0.4, 0.5) is 11.4 Å². The van der Waals surface area contributed by atoms with Gasteiger partial charge in [-0.2, -0.15) is 0 Å². The lowest BCUT2D eigenvalue weighted by Gasteiger charge is -2.38. The van der Waals surface area contributed by atoms with Crippen LogP contribution in [0, 0.1) is 12.8 Å². The van der Waals surface area contributed by atoms with E-state index in [0.29, 0.717) is 11.3 Å². The maximum absolute atomic E-state index is 13.3. The summed E-state index contributed by atoms with van der Waals surface area (Å²) in [4.78, 5) is 29.5. The highest BCUT2D eigenvalue weighted by Gasteiger charge is 2.34. The van der Waals surface area contributed by atoms with Gasteiger partial charge in [-0.3, -0.25) is 4.79 Å². The van der Waals surface area contributed by atoms with Gasteiger partial charge in [0, 0.05) is 35.0 Å². The molecule has 3 aromatic rings. The molecule has 0 aromatic heterocycles. The highest BCUT2D eigenvalue weighted by atomic mass is 32.2. The number of aryl methyl sites for hydroxylation is 1. The number of anilines is 2. The van der Waals surface area contributed by atoms with Crippen molar-refractivity contribution in [3.63, 3.8) is 0 Å². The molecule has 46 heavy (non-hydrogen) atoms. The molecule has 0 bridgehead atoms. The second kappa shape index (κ2) is 17.9. The van der Waals surface area contributed by atoms with E-state index in [1.54, 1.807) is 24.3 Å². The van der Waals surface area contributed by atoms with Crippen LogP contribution in [0.15, 0.2) is 71.6 Å². The van der Waals surface area contributed by atoms with E-state index in [1.807, 2.05) is 25.7 Å². The van der Waals surface area contributed by atoms with Crippen LogP contribution >= 0.6 is 0 Å². The van der Waals surface area contributed by atoms with Gasteiger partial charge in [-0.15, -0.1) is 12.8 Å². The minimum absolute atomic E-state index is 0.0363. The summed E-state index contributed by atoms with van der Waals surface area (Å²) in [5, 5.41) is 6.51. The fraction of sp³-hybridized carbons (Fsp3) is 0.361. The molecule has 0 unspecified atom stereocenters. The van der Waals surface area contributed by atoms with E-state index < -0.39 is 10.0 Å². The molecule has 1 heterocycles. The summed E-state index contributed by atoms with van der Waals surface area (Å²) in [6, 6.07) is 20.2. The van der Waals surface area contributed by atoms with Crippen LogP contribution in [0.1, 0.15) is 86.8 Å². The molecule has 1 fully saturated rings. The number of benzene rings is 3. The van der Waals surface area contributed by atoms with Gasteiger partial charge in [0.05, 0.1) is 10.9 Å². The SMILES string of the molecule is C#C.C=O.C=O.CCc1ccc(N[C@H]2CC(C)(C)Oc3ccc(C(=O)Nc4cccc(S(=O)(=O)NC5CCCCC5)c4)cc32)cc1. The number of rotatable bonds is 8. The molecule has 0 saturated heterocycles. The molecule has 0 radical (unpaired) electrons. The predicted molar refractivity (Wildman–Crippen MR) is 184 cm³/mol. The molecule has 2 aliphatic rings. The van der Waals surface area contributed by atoms with Crippen LogP contribution < -0.4 is 20.1 Å². The third-order valence-electron chi connectivity index (χ3n) is 7.76. The normalized spacial score (nSPS) is 16.6. The predicted octanol–water partition coefficient (Wildman–Crippen LogP) is 6.71. The molecule has 10 heteroatoms. The number of ether oxygens (including phenoxy) is 1. The molecule has 1 atom stereocenters. The van der Waals surface area contributed by atoms with E-state index >= 15 is 0 Å². The molecular formula is C36H45N3O6S. The number of amides is 1. The lowest BCUT2D eigenvalue weighted by Crippen LogP contribution is -2.37. The zero-order chi connectivity index (χ0) is 34.3. The molecule has 1 aliphatic heterocycles. The minimum Gasteiger partial charge on any atom is -0.487 e. The van der Waals surface area contributed by atoms with Crippen molar-refractivity contribution in [3.8, 4) is 18.6 Å². The second-order valence-electron chi connectivity index (χ2n) is 11.5. The fourth-order valence-electron chi connectivity index (χ4n) is 5.61. The van der Waals surface area contributed by atoms with Crippen molar-refractivity contribution in [1.29, 1.82) is 0 Å². The van der Waals surface area contributed by atoms with E-state index in [0.717, 1.165) is 61.9 Å². The Hall–Kier alpha value is -4.46. The van der Waals surface area contributed by atoms with Crippen molar-refractivity contribution in [3.05, 3.63) is 83.4 Å². The molecule has 1 amide bonds. The van der Waals surface area contributed by atoms with E-state index in [1.165, 1.54) is 11.6 Å². The lowest BCUT2D eigenvalue weighted by atomic mass is 9.88. The molecule has 1 aliphatic carbocycles. The Kier molecular flexibility index (Phi) is 14.7. The van der Waals surface area contributed by atoms with Gasteiger partial charge in [0.2, 0.25) is 10.0 Å². The van der Waals surface area contributed by atoms with E-state index in [4.69, 9.17) is 14.3 Å². The number of sulfonamides is 1. The van der Waals surface area contributed by atoms with Crippen LogP contribution in [-0.2, 0) is 26.0 Å². The van der Waals surface area contributed by atoms with Crippen molar-refractivity contribution >= 4 is 40.9 Å². The average molecular weight is 648 g/mol. The van der Waals surface area contributed by atoms with Crippen molar-refractivity contribution in [2.75, 3.05) is 10.6 Å². The molecule has 3 N–H and O–H groups in total. The summed E-state index contributed by atoms with van der Waals surface area (Å²) in [5.74, 6) is 0.436. The van der Waals surface area contributed by atoms with Crippen LogP contribution in [0.25, 0.3) is 0 Å². The summed E-state index contributed by atoms with van der Waals surface area (Å²) in [6.07, 6.45) is 14.6. The fourth-order valence-corrected chi connectivity index (χ4v) is 6.97. The van der Waals surface area contributed by atoms with Gasteiger partial charge in [-0.25, -0.2) is 13.1 Å². The Morgan fingerprint density at radius 3 is 2.20 bits per heavy atom. The number of nitrogens with one attached hydrogen (secondary N) is 3. The topological polar surface area (TPSA) is 131 Å². The van der Waals surface area contributed by atoms with Gasteiger partial charge in [0.1, 0.15) is 24.9 Å². The quantitative estimate of drug-likeness (QED) is 0.232. The first-order valence-electron chi connectivity index (χ1n) is 15.2. The molecule has 3 aromatic carbocycles. The summed E-state index contributed by atoms with van der Waals surface area (Å²) in [5.41, 5.74) is 3.75. The largest absolute Gasteiger partial charge is 0.487 e. The Morgan fingerprint density at radius 1 is 0.913 bits per heavy atom. The Bertz CT molecular complexity index is 1550. The van der Waals surface area contributed by atoms with Crippen molar-refractivity contribution in [1.82, 2.24) is 4.72 Å². The number of carbonyl (C=O) groups is 3. The summed E-state index contributed by atoms with van der Waals surface area (Å²) in [7, 11) is -3.67. The first-order valence-corrected chi connectivity index (χ1v) is 16.6. The van der Waals surface area contributed by atoms with Gasteiger partial charge in [-0.1, -0.05) is 44.4 Å². The Morgan fingerprint density at radius 2 is 1.57 bits per heavy atom. The molecule has 5 rings (SSSR count). The molecule has 9 nitrogen and oxygen atoms in total. The van der Waals surface area contributed by atoms with Gasteiger partial charge in [0.25, 0.3) is 5.91 Å². The first-order chi connectivity index (χ1) is 22.1. The number of hydrogen-bond acceptors (Lipinski definition) is 7. The number of carbonyl (C=O) groups excluding carboxylic acids is 3. The molecule has 1 saturated carbocycles. The molecule has 0 spiro atoms. The summed E-state index contributed by atoms with van der Waals surface area (Å²) >= 11 is 0. The van der Waals surface area contributed by atoms with E-state index in [-0.39, 0.29) is 28.5 Å². The maximum atomic E-state index is 13.3. The van der Waals surface area contributed by atoms with Crippen molar-refractivity contribution in [2.24, 2.45) is 0 Å². The van der Waals surface area contributed by atoms with E-state index in [9.17, 15) is 13.2 Å². The monoisotopic (exact) mass is 647 g/mol. The minimum atomic E-state index is -3.67. The van der Waals surface area contributed by atoms with Gasteiger partial charge in [-0.05, 0) is 87.2 Å². The maximum Gasteiger partial charge on any atom is 0.255 e. The molecule has 246 valence electrons. The zero-order valence-electron chi connectivity index (χ0n) is 26.9.